The van der Waals surface area contributed by atoms with Crippen LogP contribution in [0.1, 0.15) is 39.0 Å². The number of amides is 1. The maximum atomic E-state index is 11.4. The summed E-state index contributed by atoms with van der Waals surface area (Å²) in [6.45, 7) is 4.65. The Labute approximate surface area is 110 Å². The summed E-state index contributed by atoms with van der Waals surface area (Å²) in [6, 6.07) is 0. The standard InChI is InChI=1S/C15H25NO2/c1-2-3-4-5-6-7-8-15(17)16-11-9-14-10-12-18-13-14/h5-8,14H,2-4,9-13H2,1H3,(H,16,17)/b6-5+,8-7+. The van der Waals surface area contributed by atoms with Gasteiger partial charge in [0.1, 0.15) is 0 Å². The SMILES string of the molecule is CCCC/C=C/C=C/C(=O)NCCC1CCOC1. The first-order valence-corrected chi connectivity index (χ1v) is 7.01. The summed E-state index contributed by atoms with van der Waals surface area (Å²) in [5.41, 5.74) is 0. The Balaban J connectivity index is 2.01. The summed E-state index contributed by atoms with van der Waals surface area (Å²) in [7, 11) is 0. The second kappa shape index (κ2) is 9.89. The number of carbonyl (C=O) groups is 1. The molecular weight excluding hydrogens is 226 g/mol. The van der Waals surface area contributed by atoms with E-state index in [1.807, 2.05) is 12.2 Å². The lowest BCUT2D eigenvalue weighted by Gasteiger charge is -2.06. The van der Waals surface area contributed by atoms with Crippen LogP contribution >= 0.6 is 0 Å². The number of hydrogen-bond acceptors (Lipinski definition) is 2. The topological polar surface area (TPSA) is 38.3 Å². The van der Waals surface area contributed by atoms with Crippen LogP contribution in [0.2, 0.25) is 0 Å². The molecule has 0 aromatic carbocycles. The molecule has 1 saturated heterocycles. The summed E-state index contributed by atoms with van der Waals surface area (Å²) in [6.07, 6.45) is 13.1. The fraction of sp³-hybridized carbons (Fsp3) is 0.667. The van der Waals surface area contributed by atoms with E-state index in [9.17, 15) is 4.79 Å². The van der Waals surface area contributed by atoms with Gasteiger partial charge in [0.2, 0.25) is 5.91 Å². The zero-order chi connectivity index (χ0) is 13.1. The predicted octanol–water partition coefficient (Wildman–Crippen LogP) is 2.83. The highest BCUT2D eigenvalue weighted by Gasteiger charge is 2.14. The molecule has 3 nitrogen and oxygen atoms in total. The molecule has 18 heavy (non-hydrogen) atoms. The van der Waals surface area contributed by atoms with Crippen molar-refractivity contribution in [3.05, 3.63) is 24.3 Å². The number of carbonyl (C=O) groups excluding carboxylic acids is 1. The highest BCUT2D eigenvalue weighted by molar-refractivity contribution is 5.87. The Kier molecular flexibility index (Phi) is 8.23. The molecule has 1 fully saturated rings. The lowest BCUT2D eigenvalue weighted by atomic mass is 10.1. The van der Waals surface area contributed by atoms with Gasteiger partial charge in [0.05, 0.1) is 0 Å². The molecular formula is C15H25NO2. The van der Waals surface area contributed by atoms with Crippen LogP contribution in [-0.2, 0) is 9.53 Å². The molecule has 1 aliphatic rings. The molecule has 0 radical (unpaired) electrons. The van der Waals surface area contributed by atoms with Gasteiger partial charge in [0.25, 0.3) is 0 Å². The van der Waals surface area contributed by atoms with Gasteiger partial charge in [-0.3, -0.25) is 4.79 Å². The summed E-state index contributed by atoms with van der Waals surface area (Å²) in [5.74, 6) is 0.622. The molecule has 0 aromatic heterocycles. The second-order valence-corrected chi connectivity index (χ2v) is 4.74. The van der Waals surface area contributed by atoms with Crippen molar-refractivity contribution in [1.82, 2.24) is 5.32 Å². The minimum Gasteiger partial charge on any atom is -0.381 e. The molecule has 1 rings (SSSR count). The van der Waals surface area contributed by atoms with Crippen LogP contribution < -0.4 is 5.32 Å². The fourth-order valence-electron chi connectivity index (χ4n) is 1.91. The highest BCUT2D eigenvalue weighted by atomic mass is 16.5. The number of ether oxygens (including phenoxy) is 1. The molecule has 1 amide bonds. The van der Waals surface area contributed by atoms with Crippen molar-refractivity contribution in [2.45, 2.75) is 39.0 Å². The minimum atomic E-state index is -0.00550. The Morgan fingerprint density at radius 3 is 3.06 bits per heavy atom. The van der Waals surface area contributed by atoms with Crippen LogP contribution in [0.3, 0.4) is 0 Å². The number of allylic oxidation sites excluding steroid dienone is 3. The van der Waals surface area contributed by atoms with Crippen LogP contribution in [-0.4, -0.2) is 25.7 Å². The van der Waals surface area contributed by atoms with Crippen molar-refractivity contribution in [3.63, 3.8) is 0 Å². The van der Waals surface area contributed by atoms with Gasteiger partial charge >= 0.3 is 0 Å². The van der Waals surface area contributed by atoms with Crippen molar-refractivity contribution >= 4 is 5.91 Å². The molecule has 0 bridgehead atoms. The van der Waals surface area contributed by atoms with E-state index < -0.39 is 0 Å². The summed E-state index contributed by atoms with van der Waals surface area (Å²) < 4.78 is 5.29. The highest BCUT2D eigenvalue weighted by Crippen LogP contribution is 2.14. The Hall–Kier alpha value is -1.09. The van der Waals surface area contributed by atoms with E-state index in [2.05, 4.69) is 18.3 Å². The third kappa shape index (κ3) is 7.28. The van der Waals surface area contributed by atoms with Crippen LogP contribution in [0, 0.1) is 5.92 Å². The number of unbranched alkanes of at least 4 members (excludes halogenated alkanes) is 2. The van der Waals surface area contributed by atoms with Crippen molar-refractivity contribution in [1.29, 1.82) is 0 Å². The molecule has 0 spiro atoms. The zero-order valence-corrected chi connectivity index (χ0v) is 11.4. The number of nitrogens with one attached hydrogen (secondary N) is 1. The quantitative estimate of drug-likeness (QED) is 0.409. The first kappa shape index (κ1) is 15.0. The lowest BCUT2D eigenvalue weighted by molar-refractivity contribution is -0.116. The molecule has 0 aliphatic carbocycles. The number of hydrogen-bond donors (Lipinski definition) is 1. The normalized spacial score (nSPS) is 19.9. The van der Waals surface area contributed by atoms with Gasteiger partial charge in [0.15, 0.2) is 0 Å². The Morgan fingerprint density at radius 2 is 2.33 bits per heavy atom. The van der Waals surface area contributed by atoms with Gasteiger partial charge in [-0.2, -0.15) is 0 Å². The summed E-state index contributed by atoms with van der Waals surface area (Å²) >= 11 is 0. The third-order valence-electron chi connectivity index (χ3n) is 3.09. The molecule has 1 atom stereocenters. The van der Waals surface area contributed by atoms with Crippen molar-refractivity contribution in [2.24, 2.45) is 5.92 Å². The zero-order valence-electron chi connectivity index (χ0n) is 11.4. The van der Waals surface area contributed by atoms with Gasteiger partial charge in [-0.1, -0.05) is 38.0 Å². The Morgan fingerprint density at radius 1 is 1.44 bits per heavy atom. The van der Waals surface area contributed by atoms with Crippen molar-refractivity contribution in [2.75, 3.05) is 19.8 Å². The third-order valence-corrected chi connectivity index (χ3v) is 3.09. The summed E-state index contributed by atoms with van der Waals surface area (Å²) in [5, 5.41) is 2.90. The average Bonchev–Trinajstić information content (AvgIpc) is 2.87. The smallest absolute Gasteiger partial charge is 0.243 e. The van der Waals surface area contributed by atoms with E-state index >= 15 is 0 Å². The van der Waals surface area contributed by atoms with Gasteiger partial charge in [-0.25, -0.2) is 0 Å². The van der Waals surface area contributed by atoms with Crippen LogP contribution in [0.25, 0.3) is 0 Å². The van der Waals surface area contributed by atoms with Crippen LogP contribution in [0.4, 0.5) is 0 Å². The van der Waals surface area contributed by atoms with Gasteiger partial charge in [-0.15, -0.1) is 0 Å². The van der Waals surface area contributed by atoms with E-state index in [4.69, 9.17) is 4.74 Å². The molecule has 0 aromatic rings. The van der Waals surface area contributed by atoms with E-state index in [1.165, 1.54) is 12.8 Å². The maximum absolute atomic E-state index is 11.4. The number of rotatable bonds is 8. The molecule has 1 aliphatic heterocycles. The summed E-state index contributed by atoms with van der Waals surface area (Å²) in [4.78, 5) is 11.4. The largest absolute Gasteiger partial charge is 0.381 e. The first-order valence-electron chi connectivity index (χ1n) is 7.01. The van der Waals surface area contributed by atoms with E-state index in [-0.39, 0.29) is 5.91 Å². The van der Waals surface area contributed by atoms with Gasteiger partial charge in [-0.05, 0) is 25.2 Å². The monoisotopic (exact) mass is 251 g/mol. The molecule has 1 heterocycles. The van der Waals surface area contributed by atoms with Crippen molar-refractivity contribution < 1.29 is 9.53 Å². The fourth-order valence-corrected chi connectivity index (χ4v) is 1.91. The molecule has 1 N–H and O–H groups in total. The van der Waals surface area contributed by atoms with Crippen molar-refractivity contribution in [3.8, 4) is 0 Å². The first-order chi connectivity index (χ1) is 8.83. The molecule has 1 unspecified atom stereocenters. The van der Waals surface area contributed by atoms with E-state index in [0.717, 1.165) is 39.0 Å². The predicted molar refractivity (Wildman–Crippen MR) is 74.4 cm³/mol. The molecule has 0 saturated carbocycles. The van der Waals surface area contributed by atoms with Gasteiger partial charge in [0, 0.05) is 25.8 Å². The second-order valence-electron chi connectivity index (χ2n) is 4.74. The lowest BCUT2D eigenvalue weighted by Crippen LogP contribution is -2.24. The molecule has 3 heteroatoms. The van der Waals surface area contributed by atoms with E-state index in [1.54, 1.807) is 6.08 Å². The van der Waals surface area contributed by atoms with E-state index in [0.29, 0.717) is 5.92 Å². The average molecular weight is 251 g/mol. The minimum absolute atomic E-state index is 0.00550. The van der Waals surface area contributed by atoms with Crippen LogP contribution in [0.15, 0.2) is 24.3 Å². The molecule has 102 valence electrons. The van der Waals surface area contributed by atoms with Crippen LogP contribution in [0.5, 0.6) is 0 Å². The van der Waals surface area contributed by atoms with Gasteiger partial charge < -0.3 is 10.1 Å². The Bertz CT molecular complexity index is 278. The maximum Gasteiger partial charge on any atom is 0.243 e.